The van der Waals surface area contributed by atoms with Gasteiger partial charge >= 0.3 is 7.60 Å². The van der Waals surface area contributed by atoms with E-state index in [2.05, 4.69) is 0 Å². The highest BCUT2D eigenvalue weighted by Gasteiger charge is 2.56. The van der Waals surface area contributed by atoms with Crippen LogP contribution in [-0.4, -0.2) is 20.0 Å². The quantitative estimate of drug-likeness (QED) is 0.710. The molecule has 0 amide bonds. The van der Waals surface area contributed by atoms with Gasteiger partial charge < -0.3 is 9.26 Å². The first-order chi connectivity index (χ1) is 7.92. The Morgan fingerprint density at radius 2 is 1.67 bits per heavy atom. The lowest BCUT2D eigenvalue weighted by atomic mass is 9.83. The molecular formula is C13H25O4P. The number of allylic oxidation sites excluding steroid dienone is 1. The topological polar surface area (TPSA) is 44.8 Å². The molecule has 1 aliphatic rings. The molecule has 1 rings (SSSR count). The van der Waals surface area contributed by atoms with Crippen molar-refractivity contribution in [2.24, 2.45) is 10.8 Å². The van der Waals surface area contributed by atoms with Crippen molar-refractivity contribution in [2.45, 2.75) is 47.3 Å². The number of rotatable bonds is 2. The fourth-order valence-corrected chi connectivity index (χ4v) is 4.31. The van der Waals surface area contributed by atoms with E-state index in [4.69, 9.17) is 13.8 Å². The van der Waals surface area contributed by atoms with Crippen LogP contribution in [-0.2, 0) is 18.3 Å². The van der Waals surface area contributed by atoms with Crippen LogP contribution in [0.5, 0.6) is 0 Å². The molecular weight excluding hydrogens is 251 g/mol. The molecule has 1 heterocycles. The van der Waals surface area contributed by atoms with Crippen molar-refractivity contribution in [1.82, 2.24) is 0 Å². The Morgan fingerprint density at radius 1 is 1.17 bits per heavy atom. The summed E-state index contributed by atoms with van der Waals surface area (Å²) >= 11 is 0. The van der Waals surface area contributed by atoms with Crippen LogP contribution in [0.15, 0.2) is 11.4 Å². The minimum absolute atomic E-state index is 0.295. The summed E-state index contributed by atoms with van der Waals surface area (Å²) in [6.45, 7) is 11.9. The van der Waals surface area contributed by atoms with Crippen LogP contribution in [0.25, 0.3) is 0 Å². The van der Waals surface area contributed by atoms with Crippen molar-refractivity contribution in [3.8, 4) is 0 Å². The van der Waals surface area contributed by atoms with Gasteiger partial charge in [0.2, 0.25) is 5.79 Å². The van der Waals surface area contributed by atoms with Gasteiger partial charge in [-0.3, -0.25) is 9.09 Å². The van der Waals surface area contributed by atoms with Gasteiger partial charge in [-0.25, -0.2) is 0 Å². The maximum Gasteiger partial charge on any atom is 0.360 e. The van der Waals surface area contributed by atoms with Crippen molar-refractivity contribution in [3.05, 3.63) is 11.4 Å². The maximum absolute atomic E-state index is 12.8. The van der Waals surface area contributed by atoms with Gasteiger partial charge in [0.15, 0.2) is 0 Å². The van der Waals surface area contributed by atoms with E-state index < -0.39 is 13.4 Å². The molecule has 1 aliphatic heterocycles. The third-order valence-corrected chi connectivity index (χ3v) is 5.62. The minimum Gasteiger partial charge on any atom is -0.349 e. The van der Waals surface area contributed by atoms with Gasteiger partial charge in [0.25, 0.3) is 0 Å². The van der Waals surface area contributed by atoms with E-state index in [0.717, 1.165) is 0 Å². The lowest BCUT2D eigenvalue weighted by molar-refractivity contribution is -0.188. The van der Waals surface area contributed by atoms with Crippen molar-refractivity contribution in [3.63, 3.8) is 0 Å². The standard InChI is InChI=1S/C13H25O4P/c1-11(2,3)10-9-13(15-7,12(4,5)6)17-18(10,14)16-8/h9H,1-8H3/t13-,18+/m0/s1. The molecule has 4 nitrogen and oxygen atoms in total. The van der Waals surface area contributed by atoms with Crippen LogP contribution in [0.1, 0.15) is 41.5 Å². The van der Waals surface area contributed by atoms with Crippen LogP contribution in [0.2, 0.25) is 0 Å². The Hall–Kier alpha value is -0.150. The molecule has 18 heavy (non-hydrogen) atoms. The summed E-state index contributed by atoms with van der Waals surface area (Å²) in [5.74, 6) is -1.01. The molecule has 0 aromatic rings. The van der Waals surface area contributed by atoms with Gasteiger partial charge in [-0.2, -0.15) is 0 Å². The van der Waals surface area contributed by atoms with Crippen molar-refractivity contribution in [1.29, 1.82) is 0 Å². The highest BCUT2D eigenvalue weighted by Crippen LogP contribution is 2.70. The highest BCUT2D eigenvalue weighted by atomic mass is 31.2. The zero-order chi connectivity index (χ0) is 14.4. The molecule has 0 unspecified atom stereocenters. The summed E-state index contributed by atoms with van der Waals surface area (Å²) in [6.07, 6.45) is 1.83. The van der Waals surface area contributed by atoms with Gasteiger partial charge in [-0.05, 0) is 11.5 Å². The van der Waals surface area contributed by atoms with E-state index in [1.165, 1.54) is 7.11 Å². The summed E-state index contributed by atoms with van der Waals surface area (Å²) in [7, 11) is -0.307. The molecule has 0 aromatic heterocycles. The molecule has 0 spiro atoms. The third kappa shape index (κ3) is 2.44. The normalized spacial score (nSPS) is 33.7. The first kappa shape index (κ1) is 15.9. The summed E-state index contributed by atoms with van der Waals surface area (Å²) in [4.78, 5) is 0. The summed E-state index contributed by atoms with van der Waals surface area (Å²) < 4.78 is 29.3. The smallest absolute Gasteiger partial charge is 0.349 e. The molecule has 0 saturated heterocycles. The number of ether oxygens (including phenoxy) is 1. The first-order valence-corrected chi connectivity index (χ1v) is 7.62. The second kappa shape index (κ2) is 4.45. The summed E-state index contributed by atoms with van der Waals surface area (Å²) in [5.41, 5.74) is -0.639. The van der Waals surface area contributed by atoms with E-state index in [1.807, 2.05) is 47.6 Å². The lowest BCUT2D eigenvalue weighted by Crippen LogP contribution is -2.42. The van der Waals surface area contributed by atoms with E-state index >= 15 is 0 Å². The molecule has 0 aromatic carbocycles. The van der Waals surface area contributed by atoms with Crippen LogP contribution in [0, 0.1) is 10.8 Å². The maximum atomic E-state index is 12.8. The van der Waals surface area contributed by atoms with Gasteiger partial charge in [-0.15, -0.1) is 0 Å². The summed E-state index contributed by atoms with van der Waals surface area (Å²) in [5, 5.41) is 0.675. The van der Waals surface area contributed by atoms with E-state index in [0.29, 0.717) is 5.31 Å². The summed E-state index contributed by atoms with van der Waals surface area (Å²) in [6, 6.07) is 0. The SMILES string of the molecule is CO[C@@]1(C(C)(C)C)C=C(C(C)(C)C)[P@@](=O)(OC)O1. The number of hydrogen-bond donors (Lipinski definition) is 0. The fraction of sp³-hybridized carbons (Fsp3) is 0.846. The molecule has 0 fully saturated rings. The Labute approximate surface area is 110 Å². The van der Waals surface area contributed by atoms with Gasteiger partial charge in [0.05, 0.1) is 0 Å². The fourth-order valence-electron chi connectivity index (χ4n) is 2.03. The average Bonchev–Trinajstić information content (AvgIpc) is 2.53. The second-order valence-electron chi connectivity index (χ2n) is 6.67. The van der Waals surface area contributed by atoms with Crippen LogP contribution in [0.4, 0.5) is 0 Å². The van der Waals surface area contributed by atoms with Crippen LogP contribution in [0.3, 0.4) is 0 Å². The predicted octanol–water partition coefficient (Wildman–Crippen LogP) is 4.17. The minimum atomic E-state index is -3.28. The largest absolute Gasteiger partial charge is 0.360 e. The van der Waals surface area contributed by atoms with Gasteiger partial charge in [0.1, 0.15) is 0 Å². The van der Waals surface area contributed by atoms with Crippen molar-refractivity contribution >= 4 is 7.60 Å². The Morgan fingerprint density at radius 3 is 1.89 bits per heavy atom. The average molecular weight is 276 g/mol. The zero-order valence-corrected chi connectivity index (χ0v) is 13.6. The molecule has 0 radical (unpaired) electrons. The van der Waals surface area contributed by atoms with Crippen molar-refractivity contribution in [2.75, 3.05) is 14.2 Å². The monoisotopic (exact) mass is 276 g/mol. The second-order valence-corrected chi connectivity index (χ2v) is 8.70. The molecule has 0 N–H and O–H groups in total. The first-order valence-electron chi connectivity index (χ1n) is 6.07. The Balaban J connectivity index is 3.41. The number of hydrogen-bond acceptors (Lipinski definition) is 4. The molecule has 5 heteroatoms. The lowest BCUT2D eigenvalue weighted by Gasteiger charge is -2.38. The molecule has 0 saturated carbocycles. The highest BCUT2D eigenvalue weighted by molar-refractivity contribution is 7.58. The Kier molecular flexibility index (Phi) is 3.93. The van der Waals surface area contributed by atoms with Gasteiger partial charge in [-0.1, -0.05) is 41.5 Å². The van der Waals surface area contributed by atoms with E-state index in [9.17, 15) is 4.57 Å². The van der Waals surface area contributed by atoms with E-state index in [1.54, 1.807) is 7.11 Å². The number of methoxy groups -OCH3 is 1. The van der Waals surface area contributed by atoms with E-state index in [-0.39, 0.29) is 10.8 Å². The van der Waals surface area contributed by atoms with Crippen molar-refractivity contribution < 1.29 is 18.3 Å². The predicted molar refractivity (Wildman–Crippen MR) is 72.4 cm³/mol. The molecule has 2 atom stereocenters. The molecule has 106 valence electrons. The van der Waals surface area contributed by atoms with Gasteiger partial charge in [0, 0.05) is 24.9 Å². The van der Waals surface area contributed by atoms with Crippen LogP contribution < -0.4 is 0 Å². The zero-order valence-electron chi connectivity index (χ0n) is 12.7. The Bertz CT molecular complexity index is 400. The molecule has 0 aliphatic carbocycles. The third-order valence-electron chi connectivity index (χ3n) is 3.23. The van der Waals surface area contributed by atoms with Crippen LogP contribution >= 0.6 is 7.60 Å². The molecule has 0 bridgehead atoms.